The number of ether oxygens (including phenoxy) is 1. The maximum absolute atomic E-state index is 12.5. The molecule has 3 aromatic carbocycles. The molecule has 0 aromatic heterocycles. The predicted octanol–water partition coefficient (Wildman–Crippen LogP) is 4.63. The minimum atomic E-state index is -3.97. The Morgan fingerprint density at radius 3 is 2.28 bits per heavy atom. The predicted molar refractivity (Wildman–Crippen MR) is 109 cm³/mol. The largest absolute Gasteiger partial charge is 0.452 e. The molecular weight excluding hydrogens is 388 g/mol. The Labute approximate surface area is 168 Å². The monoisotopic (exact) mass is 404 g/mol. The van der Waals surface area contributed by atoms with Gasteiger partial charge in [0, 0.05) is 6.07 Å². The van der Waals surface area contributed by atoms with Crippen LogP contribution in [0.15, 0.2) is 102 Å². The van der Waals surface area contributed by atoms with Gasteiger partial charge in [-0.2, -0.15) is 8.42 Å². The topological polar surface area (TPSA) is 69.7 Å². The summed E-state index contributed by atoms with van der Waals surface area (Å²) in [7, 11) is -3.97. The molecule has 0 atom stereocenters. The van der Waals surface area contributed by atoms with E-state index in [-0.39, 0.29) is 27.9 Å². The molecule has 0 saturated heterocycles. The maximum atomic E-state index is 12.5. The van der Waals surface area contributed by atoms with Crippen LogP contribution < -0.4 is 8.92 Å². The highest BCUT2D eigenvalue weighted by Crippen LogP contribution is 2.35. The summed E-state index contributed by atoms with van der Waals surface area (Å²) in [5, 5.41) is 0. The summed E-state index contributed by atoms with van der Waals surface area (Å²) in [5.74, 6) is 0.224. The number of carbonyl (C=O) groups excluding carboxylic acids is 1. The third-order valence-electron chi connectivity index (χ3n) is 4.22. The van der Waals surface area contributed by atoms with E-state index in [9.17, 15) is 13.2 Å². The Morgan fingerprint density at radius 2 is 1.55 bits per heavy atom. The molecule has 0 N–H and O–H groups in total. The van der Waals surface area contributed by atoms with Crippen molar-refractivity contribution in [3.63, 3.8) is 0 Å². The van der Waals surface area contributed by atoms with E-state index in [4.69, 9.17) is 8.92 Å². The second kappa shape index (κ2) is 7.77. The molecule has 0 bridgehead atoms. The first-order valence-corrected chi connectivity index (χ1v) is 10.2. The standard InChI is InChI=1S/C23H16O5S/c24-23-20-15-14-18(28-29(25,26)19-11-5-2-6-12-19)16-22(20)27-21(23)13-7-10-17-8-3-1-4-9-17/h1-16H/b10-7+,21-13-. The summed E-state index contributed by atoms with van der Waals surface area (Å²) < 4.78 is 35.5. The average Bonchev–Trinajstić information content (AvgIpc) is 3.04. The zero-order valence-electron chi connectivity index (χ0n) is 15.2. The molecule has 0 fully saturated rings. The Hall–Kier alpha value is -3.64. The van der Waals surface area contributed by atoms with Gasteiger partial charge < -0.3 is 8.92 Å². The molecule has 0 amide bonds. The van der Waals surface area contributed by atoms with E-state index >= 15 is 0 Å². The normalized spacial score (nSPS) is 14.8. The zero-order valence-corrected chi connectivity index (χ0v) is 16.0. The molecule has 5 nitrogen and oxygen atoms in total. The number of benzene rings is 3. The van der Waals surface area contributed by atoms with E-state index in [1.807, 2.05) is 36.4 Å². The summed E-state index contributed by atoms with van der Waals surface area (Å²) in [4.78, 5) is 12.5. The Bertz CT molecular complexity index is 1210. The number of allylic oxidation sites excluding steroid dienone is 3. The zero-order chi connectivity index (χ0) is 20.3. The van der Waals surface area contributed by atoms with Gasteiger partial charge in [-0.1, -0.05) is 60.7 Å². The van der Waals surface area contributed by atoms with Gasteiger partial charge in [-0.05, 0) is 35.9 Å². The van der Waals surface area contributed by atoms with Crippen molar-refractivity contribution >= 4 is 22.0 Å². The van der Waals surface area contributed by atoms with Crippen LogP contribution in [0.4, 0.5) is 0 Å². The van der Waals surface area contributed by atoms with Crippen LogP contribution in [0.2, 0.25) is 0 Å². The first-order chi connectivity index (χ1) is 14.0. The highest BCUT2D eigenvalue weighted by Gasteiger charge is 2.28. The third-order valence-corrected chi connectivity index (χ3v) is 5.48. The maximum Gasteiger partial charge on any atom is 0.339 e. The average molecular weight is 404 g/mol. The van der Waals surface area contributed by atoms with Crippen molar-refractivity contribution < 1.29 is 22.1 Å². The number of hydrogen-bond acceptors (Lipinski definition) is 5. The van der Waals surface area contributed by atoms with Gasteiger partial charge in [0.05, 0.1) is 5.56 Å². The van der Waals surface area contributed by atoms with E-state index in [1.54, 1.807) is 30.4 Å². The number of ketones is 1. The highest BCUT2D eigenvalue weighted by molar-refractivity contribution is 7.87. The summed E-state index contributed by atoms with van der Waals surface area (Å²) >= 11 is 0. The van der Waals surface area contributed by atoms with E-state index in [0.717, 1.165) is 5.56 Å². The first-order valence-electron chi connectivity index (χ1n) is 8.82. The Kier molecular flexibility index (Phi) is 5.01. The van der Waals surface area contributed by atoms with Crippen LogP contribution in [0.5, 0.6) is 11.5 Å². The van der Waals surface area contributed by atoms with Gasteiger partial charge >= 0.3 is 10.1 Å². The molecule has 0 spiro atoms. The van der Waals surface area contributed by atoms with E-state index in [1.165, 1.54) is 30.3 Å². The molecule has 4 rings (SSSR count). The molecule has 0 saturated carbocycles. The Morgan fingerprint density at radius 1 is 0.862 bits per heavy atom. The molecular formula is C23H16O5S. The highest BCUT2D eigenvalue weighted by atomic mass is 32.2. The number of carbonyl (C=O) groups is 1. The molecule has 1 aliphatic rings. The van der Waals surface area contributed by atoms with Gasteiger partial charge in [-0.3, -0.25) is 4.79 Å². The van der Waals surface area contributed by atoms with Gasteiger partial charge in [0.2, 0.25) is 5.78 Å². The number of hydrogen-bond donors (Lipinski definition) is 0. The van der Waals surface area contributed by atoms with Gasteiger partial charge in [-0.15, -0.1) is 0 Å². The summed E-state index contributed by atoms with van der Waals surface area (Å²) in [5.41, 5.74) is 1.35. The fourth-order valence-electron chi connectivity index (χ4n) is 2.81. The minimum absolute atomic E-state index is 0.0455. The second-order valence-electron chi connectivity index (χ2n) is 6.24. The SMILES string of the molecule is O=C1/C(=C/C=C/c2ccccc2)Oc2cc(OS(=O)(=O)c3ccccc3)ccc21. The first kappa shape index (κ1) is 18.7. The lowest BCUT2D eigenvalue weighted by molar-refractivity contribution is 0.101. The summed E-state index contributed by atoms with van der Waals surface area (Å²) in [6.07, 6.45) is 5.16. The van der Waals surface area contributed by atoms with Crippen LogP contribution in [0.25, 0.3) is 6.08 Å². The third kappa shape index (κ3) is 4.12. The van der Waals surface area contributed by atoms with Crippen molar-refractivity contribution in [3.8, 4) is 11.5 Å². The van der Waals surface area contributed by atoms with Crippen LogP contribution in [0.3, 0.4) is 0 Å². The number of rotatable bonds is 5. The molecule has 6 heteroatoms. The van der Waals surface area contributed by atoms with E-state index < -0.39 is 10.1 Å². The quantitative estimate of drug-likeness (QED) is 0.458. The van der Waals surface area contributed by atoms with Crippen molar-refractivity contribution in [1.82, 2.24) is 0 Å². The lowest BCUT2D eigenvalue weighted by Gasteiger charge is -2.07. The fraction of sp³-hybridized carbons (Fsp3) is 0. The van der Waals surface area contributed by atoms with Crippen molar-refractivity contribution in [2.75, 3.05) is 0 Å². The number of Topliss-reactive ketones (excluding diaryl/α,β-unsaturated/α-hetero) is 1. The van der Waals surface area contributed by atoms with Gasteiger partial charge in [-0.25, -0.2) is 0 Å². The second-order valence-corrected chi connectivity index (χ2v) is 7.79. The van der Waals surface area contributed by atoms with Crippen molar-refractivity contribution in [3.05, 3.63) is 108 Å². The molecule has 29 heavy (non-hydrogen) atoms. The van der Waals surface area contributed by atoms with Crippen molar-refractivity contribution in [2.45, 2.75) is 4.90 Å². The molecule has 1 aliphatic heterocycles. The Balaban J connectivity index is 1.53. The van der Waals surface area contributed by atoms with Gasteiger partial charge in [0.1, 0.15) is 16.4 Å². The number of fused-ring (bicyclic) bond motifs is 1. The molecule has 1 heterocycles. The van der Waals surface area contributed by atoms with Crippen LogP contribution in [0, 0.1) is 0 Å². The smallest absolute Gasteiger partial charge is 0.339 e. The van der Waals surface area contributed by atoms with Crippen LogP contribution in [-0.4, -0.2) is 14.2 Å². The molecule has 0 radical (unpaired) electrons. The minimum Gasteiger partial charge on any atom is -0.452 e. The molecule has 0 aliphatic carbocycles. The lowest BCUT2D eigenvalue weighted by Crippen LogP contribution is -2.09. The van der Waals surface area contributed by atoms with Crippen LogP contribution >= 0.6 is 0 Å². The molecule has 3 aromatic rings. The summed E-state index contributed by atoms with van der Waals surface area (Å²) in [6.45, 7) is 0. The van der Waals surface area contributed by atoms with Crippen LogP contribution in [-0.2, 0) is 10.1 Å². The fourth-order valence-corrected chi connectivity index (χ4v) is 3.75. The van der Waals surface area contributed by atoms with Gasteiger partial charge in [0.15, 0.2) is 5.76 Å². The molecule has 144 valence electrons. The molecule has 0 unspecified atom stereocenters. The van der Waals surface area contributed by atoms with E-state index in [2.05, 4.69) is 0 Å². The summed E-state index contributed by atoms with van der Waals surface area (Å²) in [6, 6.07) is 21.8. The van der Waals surface area contributed by atoms with E-state index in [0.29, 0.717) is 5.56 Å². The van der Waals surface area contributed by atoms with Crippen molar-refractivity contribution in [2.24, 2.45) is 0 Å². The van der Waals surface area contributed by atoms with Gasteiger partial charge in [0.25, 0.3) is 0 Å². The van der Waals surface area contributed by atoms with Crippen molar-refractivity contribution in [1.29, 1.82) is 0 Å². The van der Waals surface area contributed by atoms with Crippen LogP contribution in [0.1, 0.15) is 15.9 Å². The lowest BCUT2D eigenvalue weighted by atomic mass is 10.1.